The average molecular weight is 760 g/mol. The zero-order valence-corrected chi connectivity index (χ0v) is 38.1. The Morgan fingerprint density at radius 3 is 0.852 bits per heavy atom. The molecule has 0 fully saturated rings. The summed E-state index contributed by atoms with van der Waals surface area (Å²) in [4.78, 5) is 28.2. The van der Waals surface area contributed by atoms with Gasteiger partial charge in [0.1, 0.15) is 11.6 Å². The van der Waals surface area contributed by atoms with Crippen molar-refractivity contribution in [3.8, 4) is 0 Å². The van der Waals surface area contributed by atoms with Crippen LogP contribution in [0, 0.1) is 11.8 Å². The Morgan fingerprint density at radius 1 is 0.333 bits per heavy atom. The molecule has 0 aromatic carbocycles. The fraction of sp³-hybridized carbons (Fsp3) is 0.961. The minimum atomic E-state index is 0.489. The van der Waals surface area contributed by atoms with E-state index < -0.39 is 0 Å². The second-order valence-electron chi connectivity index (χ2n) is 18.3. The van der Waals surface area contributed by atoms with Crippen molar-refractivity contribution in [2.75, 3.05) is 20.6 Å². The van der Waals surface area contributed by atoms with Gasteiger partial charge in [-0.1, -0.05) is 245 Å². The summed E-state index contributed by atoms with van der Waals surface area (Å²) < 4.78 is 0. The zero-order chi connectivity index (χ0) is 39.6. The lowest BCUT2D eigenvalue weighted by Gasteiger charge is -2.17. The van der Waals surface area contributed by atoms with Crippen LogP contribution in [0.15, 0.2) is 0 Å². The summed E-state index contributed by atoms with van der Waals surface area (Å²) in [7, 11) is 4.20. The highest BCUT2D eigenvalue weighted by atomic mass is 16.1. The Bertz CT molecular complexity index is 739. The third-order valence-corrected chi connectivity index (χ3v) is 12.3. The van der Waals surface area contributed by atoms with Gasteiger partial charge >= 0.3 is 0 Å². The van der Waals surface area contributed by atoms with E-state index in [0.717, 1.165) is 45.1 Å². The van der Waals surface area contributed by atoms with Crippen molar-refractivity contribution < 1.29 is 9.59 Å². The van der Waals surface area contributed by atoms with Gasteiger partial charge in [-0.3, -0.25) is 9.59 Å². The molecule has 0 heterocycles. The minimum Gasteiger partial charge on any atom is -0.309 e. The van der Waals surface area contributed by atoms with E-state index in [1.54, 1.807) is 0 Å². The first-order valence-corrected chi connectivity index (χ1v) is 25.1. The molecule has 0 aliphatic heterocycles. The van der Waals surface area contributed by atoms with Gasteiger partial charge in [0.15, 0.2) is 0 Å². The van der Waals surface area contributed by atoms with Crippen molar-refractivity contribution in [2.45, 2.75) is 284 Å². The van der Waals surface area contributed by atoms with E-state index in [1.165, 1.54) is 225 Å². The van der Waals surface area contributed by atoms with E-state index in [1.807, 2.05) is 0 Å². The van der Waals surface area contributed by atoms with Crippen LogP contribution < -0.4 is 0 Å². The van der Waals surface area contributed by atoms with Crippen LogP contribution in [0.5, 0.6) is 0 Å². The molecule has 0 N–H and O–H groups in total. The lowest BCUT2D eigenvalue weighted by atomic mass is 9.88. The molecule has 0 aliphatic rings. The smallest absolute Gasteiger partial charge is 0.133 e. The van der Waals surface area contributed by atoms with E-state index in [9.17, 15) is 9.59 Å². The lowest BCUT2D eigenvalue weighted by Crippen LogP contribution is -2.15. The maximum absolute atomic E-state index is 13.2. The highest BCUT2D eigenvalue weighted by molar-refractivity contribution is 5.78. The highest BCUT2D eigenvalue weighted by Gasteiger charge is 2.16. The first-order chi connectivity index (χ1) is 26.4. The highest BCUT2D eigenvalue weighted by Crippen LogP contribution is 2.26. The number of Topliss-reactive ketones (excluding diaryl/α,β-unsaturated/α-hetero) is 2. The quantitative estimate of drug-likeness (QED) is 0.0580. The van der Waals surface area contributed by atoms with E-state index in [4.69, 9.17) is 0 Å². The summed E-state index contributed by atoms with van der Waals surface area (Å²) in [6.07, 6.45) is 52.5. The number of carbonyl (C=O) groups is 2. The summed E-state index contributed by atoms with van der Waals surface area (Å²) in [6, 6.07) is 0. The van der Waals surface area contributed by atoms with Gasteiger partial charge in [-0.2, -0.15) is 0 Å². The summed E-state index contributed by atoms with van der Waals surface area (Å²) in [5.74, 6) is 2.24. The minimum absolute atomic E-state index is 0.489. The Labute approximate surface area is 341 Å². The van der Waals surface area contributed by atoms with Crippen molar-refractivity contribution in [1.82, 2.24) is 4.90 Å². The standard InChI is InChI=1S/C51H101NO2/c1-6-9-12-15-18-20-22-25-29-34-39-48(40-35-30-26-23-21-19-16-13-10-7-2)46-50(53)43-37-32-27-31-36-42-49(41-33-28-24-17-14-11-8-3)47-51(54)44-38-45-52(4)5/h48-49H,6-47H2,1-5H3. The number of carbonyl (C=O) groups excluding carboxylic acids is 2. The van der Waals surface area contributed by atoms with Crippen LogP contribution in [0.2, 0.25) is 0 Å². The molecular formula is C51H101NO2. The third-order valence-electron chi connectivity index (χ3n) is 12.3. The molecule has 0 amide bonds. The number of unbranched alkanes of at least 4 members (excludes halogenated alkanes) is 28. The topological polar surface area (TPSA) is 37.4 Å². The first kappa shape index (κ1) is 53.3. The molecule has 54 heavy (non-hydrogen) atoms. The normalized spacial score (nSPS) is 12.4. The van der Waals surface area contributed by atoms with Crippen LogP contribution in [0.3, 0.4) is 0 Å². The number of nitrogens with zero attached hydrogens (tertiary/aromatic N) is 1. The fourth-order valence-corrected chi connectivity index (χ4v) is 8.65. The van der Waals surface area contributed by atoms with Gasteiger partial charge in [-0.15, -0.1) is 0 Å². The molecule has 0 aromatic rings. The second-order valence-corrected chi connectivity index (χ2v) is 18.3. The van der Waals surface area contributed by atoms with Gasteiger partial charge in [-0.05, 0) is 45.3 Å². The molecule has 3 heteroatoms. The molecule has 0 saturated heterocycles. The first-order valence-electron chi connectivity index (χ1n) is 25.1. The number of hydrogen-bond donors (Lipinski definition) is 0. The van der Waals surface area contributed by atoms with Gasteiger partial charge in [0, 0.05) is 25.7 Å². The van der Waals surface area contributed by atoms with Crippen LogP contribution in [-0.4, -0.2) is 37.1 Å². The average Bonchev–Trinajstić information content (AvgIpc) is 3.15. The maximum atomic E-state index is 13.2. The van der Waals surface area contributed by atoms with E-state index in [2.05, 4.69) is 39.8 Å². The molecule has 0 aliphatic carbocycles. The number of rotatable bonds is 46. The molecule has 0 spiro atoms. The summed E-state index contributed by atoms with van der Waals surface area (Å²) >= 11 is 0. The van der Waals surface area contributed by atoms with E-state index in [-0.39, 0.29) is 0 Å². The number of ketones is 2. The lowest BCUT2D eigenvalue weighted by molar-refractivity contribution is -0.121. The second kappa shape index (κ2) is 43.4. The van der Waals surface area contributed by atoms with Gasteiger partial charge < -0.3 is 4.90 Å². The van der Waals surface area contributed by atoms with Crippen molar-refractivity contribution in [3.05, 3.63) is 0 Å². The molecule has 0 rings (SSSR count). The largest absolute Gasteiger partial charge is 0.309 e. The Kier molecular flexibility index (Phi) is 42.9. The molecule has 0 saturated carbocycles. The monoisotopic (exact) mass is 760 g/mol. The number of hydrogen-bond acceptors (Lipinski definition) is 3. The molecular weight excluding hydrogens is 659 g/mol. The summed E-state index contributed by atoms with van der Waals surface area (Å²) in [6.45, 7) is 7.90. The zero-order valence-electron chi connectivity index (χ0n) is 38.1. The van der Waals surface area contributed by atoms with E-state index in [0.29, 0.717) is 23.4 Å². The molecule has 0 radical (unpaired) electrons. The van der Waals surface area contributed by atoms with Crippen molar-refractivity contribution in [1.29, 1.82) is 0 Å². The van der Waals surface area contributed by atoms with Gasteiger partial charge in [0.25, 0.3) is 0 Å². The predicted octanol–water partition coefficient (Wildman–Crippen LogP) is 17.0. The van der Waals surface area contributed by atoms with Crippen molar-refractivity contribution in [2.24, 2.45) is 11.8 Å². The fourth-order valence-electron chi connectivity index (χ4n) is 8.65. The Hall–Kier alpha value is -0.700. The van der Waals surface area contributed by atoms with Crippen molar-refractivity contribution in [3.63, 3.8) is 0 Å². The Morgan fingerprint density at radius 2 is 0.574 bits per heavy atom. The van der Waals surface area contributed by atoms with Crippen LogP contribution in [0.1, 0.15) is 284 Å². The molecule has 3 nitrogen and oxygen atoms in total. The van der Waals surface area contributed by atoms with Crippen LogP contribution in [-0.2, 0) is 9.59 Å². The van der Waals surface area contributed by atoms with Gasteiger partial charge in [0.05, 0.1) is 0 Å². The van der Waals surface area contributed by atoms with Gasteiger partial charge in [0.2, 0.25) is 0 Å². The molecule has 322 valence electrons. The van der Waals surface area contributed by atoms with Crippen LogP contribution >= 0.6 is 0 Å². The maximum Gasteiger partial charge on any atom is 0.133 e. The Balaban J connectivity index is 4.47. The summed E-state index contributed by atoms with van der Waals surface area (Å²) in [5, 5.41) is 0. The molecule has 0 aromatic heterocycles. The predicted molar refractivity (Wildman–Crippen MR) is 242 cm³/mol. The molecule has 1 unspecified atom stereocenters. The summed E-state index contributed by atoms with van der Waals surface area (Å²) in [5.41, 5.74) is 0. The molecule has 1 atom stereocenters. The van der Waals surface area contributed by atoms with E-state index >= 15 is 0 Å². The van der Waals surface area contributed by atoms with Crippen LogP contribution in [0.4, 0.5) is 0 Å². The van der Waals surface area contributed by atoms with Crippen LogP contribution in [0.25, 0.3) is 0 Å². The third kappa shape index (κ3) is 40.9. The molecule has 0 bridgehead atoms. The van der Waals surface area contributed by atoms with Gasteiger partial charge in [-0.25, -0.2) is 0 Å². The SMILES string of the molecule is CCCCCCCCCCCCC(CCCCCCCCCCCC)CC(=O)CCCCCCCC(CCCCCCCCC)CC(=O)CCCN(C)C. The van der Waals surface area contributed by atoms with Crippen molar-refractivity contribution >= 4 is 11.6 Å².